The number of benzene rings is 1. The molecule has 22 heavy (non-hydrogen) atoms. The number of thioether (sulfide) groups is 1. The van der Waals surface area contributed by atoms with E-state index in [0.29, 0.717) is 19.4 Å². The van der Waals surface area contributed by atoms with Gasteiger partial charge in [0.2, 0.25) is 0 Å². The van der Waals surface area contributed by atoms with Gasteiger partial charge in [0.15, 0.2) is 0 Å². The van der Waals surface area contributed by atoms with Crippen molar-refractivity contribution < 1.29 is 22.8 Å². The van der Waals surface area contributed by atoms with Gasteiger partial charge in [0.25, 0.3) is 0 Å². The van der Waals surface area contributed by atoms with E-state index in [0.717, 1.165) is 5.56 Å². The Hall–Kier alpha value is -1.41. The second-order valence-electron chi connectivity index (χ2n) is 5.27. The lowest BCUT2D eigenvalue weighted by atomic mass is 10.1. The molecule has 2 saturated heterocycles. The summed E-state index contributed by atoms with van der Waals surface area (Å²) in [5, 5.41) is 0.387. The average molecular weight is 332 g/mol. The number of carbonyl (C=O) groups is 1. The molecule has 2 fully saturated rings. The summed E-state index contributed by atoms with van der Waals surface area (Å²) >= 11 is -0.120. The van der Waals surface area contributed by atoms with Crippen LogP contribution in [0.3, 0.4) is 0 Å². The molecule has 2 aliphatic rings. The highest BCUT2D eigenvalue weighted by Crippen LogP contribution is 2.42. The van der Waals surface area contributed by atoms with Gasteiger partial charge in [-0.2, -0.15) is 18.2 Å². The molecule has 2 aliphatic heterocycles. The van der Waals surface area contributed by atoms with Crippen LogP contribution in [0.25, 0.3) is 0 Å². The van der Waals surface area contributed by atoms with Crippen molar-refractivity contribution in [2.45, 2.75) is 36.4 Å². The molecule has 120 valence electrons. The van der Waals surface area contributed by atoms with Crippen LogP contribution >= 0.6 is 11.8 Å². The first-order valence-electron chi connectivity index (χ1n) is 6.95. The van der Waals surface area contributed by atoms with Gasteiger partial charge >= 0.3 is 11.5 Å². The predicted molar refractivity (Wildman–Crippen MR) is 75.6 cm³/mol. The molecule has 0 aromatic heterocycles. The summed E-state index contributed by atoms with van der Waals surface area (Å²) in [4.78, 5) is 19.1. The van der Waals surface area contributed by atoms with Gasteiger partial charge in [0.05, 0.1) is 11.4 Å². The fourth-order valence-corrected chi connectivity index (χ4v) is 3.62. The smallest absolute Gasteiger partial charge is 0.308 e. The number of nitrogens with zero attached hydrogens (tertiary/aromatic N) is 2. The predicted octanol–water partition coefficient (Wildman–Crippen LogP) is 3.60. The Bertz CT molecular complexity index is 541. The summed E-state index contributed by atoms with van der Waals surface area (Å²) in [5.74, 6) is 0. The topological polar surface area (TPSA) is 32.8 Å². The lowest BCUT2D eigenvalue weighted by molar-refractivity contribution is -0.140. The molecule has 2 bridgehead atoms. The highest BCUT2D eigenvalue weighted by atomic mass is 32.2. The van der Waals surface area contributed by atoms with E-state index >= 15 is 0 Å². The van der Waals surface area contributed by atoms with E-state index in [1.165, 1.54) is 9.96 Å². The number of urea groups is 1. The van der Waals surface area contributed by atoms with Crippen molar-refractivity contribution in [1.29, 1.82) is 0 Å². The summed E-state index contributed by atoms with van der Waals surface area (Å²) in [6.45, 7) is 0.523. The monoisotopic (exact) mass is 332 g/mol. The van der Waals surface area contributed by atoms with E-state index in [9.17, 15) is 18.0 Å². The van der Waals surface area contributed by atoms with Gasteiger partial charge in [-0.05, 0) is 30.2 Å². The van der Waals surface area contributed by atoms with Gasteiger partial charge in [0, 0.05) is 6.54 Å². The number of carbonyl (C=O) groups excluding carboxylic acids is 1. The van der Waals surface area contributed by atoms with E-state index in [-0.39, 0.29) is 24.4 Å². The van der Waals surface area contributed by atoms with Crippen LogP contribution < -0.4 is 0 Å². The Morgan fingerprint density at radius 2 is 1.95 bits per heavy atom. The number of hydrogen-bond acceptors (Lipinski definition) is 3. The molecule has 0 N–H and O–H groups in total. The molecule has 3 rings (SSSR count). The first-order valence-corrected chi connectivity index (χ1v) is 7.83. The molecular weight excluding hydrogens is 317 g/mol. The van der Waals surface area contributed by atoms with Crippen LogP contribution in [0.2, 0.25) is 0 Å². The SMILES string of the molecule is O=C1N2C[C@@H](CC[C@H]2SC(F)(F)F)N1OCc1ccccc1. The molecule has 0 saturated carbocycles. The third kappa shape index (κ3) is 3.33. The van der Waals surface area contributed by atoms with Gasteiger partial charge in [-0.3, -0.25) is 4.84 Å². The standard InChI is InChI=1S/C14H15F3N2O2S/c15-14(16,17)22-12-7-6-11-8-18(12)13(20)19(11)21-9-10-4-2-1-3-5-10/h1-5,11-12H,6-9H2/t11-,12-/m1/s1. The van der Waals surface area contributed by atoms with Crippen molar-refractivity contribution in [2.24, 2.45) is 0 Å². The minimum Gasteiger partial charge on any atom is -0.308 e. The maximum atomic E-state index is 12.5. The summed E-state index contributed by atoms with van der Waals surface area (Å²) < 4.78 is 37.6. The van der Waals surface area contributed by atoms with Crippen molar-refractivity contribution in [2.75, 3.05) is 6.54 Å². The molecule has 1 aromatic rings. The Kier molecular flexibility index (Phi) is 4.22. The Labute approximate surface area is 130 Å². The van der Waals surface area contributed by atoms with Gasteiger partial charge < -0.3 is 4.90 Å². The van der Waals surface area contributed by atoms with Crippen LogP contribution in [0.15, 0.2) is 30.3 Å². The van der Waals surface area contributed by atoms with Crippen LogP contribution in [0.4, 0.5) is 18.0 Å². The molecule has 2 amide bonds. The highest BCUT2D eigenvalue weighted by molar-refractivity contribution is 8.00. The number of amides is 2. The zero-order chi connectivity index (χ0) is 15.7. The van der Waals surface area contributed by atoms with E-state index < -0.39 is 16.9 Å². The molecular formula is C14H15F3N2O2S. The van der Waals surface area contributed by atoms with Gasteiger partial charge in [-0.1, -0.05) is 30.3 Å². The van der Waals surface area contributed by atoms with Gasteiger partial charge in [0.1, 0.15) is 6.61 Å². The lowest BCUT2D eigenvalue weighted by Gasteiger charge is -2.30. The van der Waals surface area contributed by atoms with E-state index in [4.69, 9.17) is 4.84 Å². The molecule has 0 spiro atoms. The molecule has 1 aromatic carbocycles. The number of piperidine rings is 1. The van der Waals surface area contributed by atoms with Gasteiger partial charge in [-0.15, -0.1) is 0 Å². The molecule has 2 heterocycles. The second kappa shape index (κ2) is 6.00. The molecule has 4 nitrogen and oxygen atoms in total. The van der Waals surface area contributed by atoms with Crippen LogP contribution in [0, 0.1) is 0 Å². The Morgan fingerprint density at radius 1 is 1.23 bits per heavy atom. The first kappa shape index (κ1) is 15.5. The summed E-state index contributed by atoms with van der Waals surface area (Å²) in [5.41, 5.74) is -3.43. The third-order valence-electron chi connectivity index (χ3n) is 3.75. The zero-order valence-corrected chi connectivity index (χ0v) is 12.4. The fourth-order valence-electron chi connectivity index (χ4n) is 2.76. The van der Waals surface area contributed by atoms with Crippen molar-refractivity contribution in [1.82, 2.24) is 9.96 Å². The van der Waals surface area contributed by atoms with Crippen LogP contribution in [0.1, 0.15) is 18.4 Å². The molecule has 8 heteroatoms. The number of alkyl halides is 3. The maximum Gasteiger partial charge on any atom is 0.443 e. The minimum atomic E-state index is -4.34. The van der Waals surface area contributed by atoms with Crippen molar-refractivity contribution in [3.05, 3.63) is 35.9 Å². The lowest BCUT2D eigenvalue weighted by Crippen LogP contribution is -2.39. The summed E-state index contributed by atoms with van der Waals surface area (Å²) in [6, 6.07) is 8.71. The van der Waals surface area contributed by atoms with Crippen LogP contribution in [0.5, 0.6) is 0 Å². The molecule has 0 unspecified atom stereocenters. The van der Waals surface area contributed by atoms with Crippen molar-refractivity contribution in [3.63, 3.8) is 0 Å². The van der Waals surface area contributed by atoms with E-state index in [1.807, 2.05) is 30.3 Å². The summed E-state index contributed by atoms with van der Waals surface area (Å²) in [6.07, 6.45) is 0.844. The van der Waals surface area contributed by atoms with E-state index in [2.05, 4.69) is 0 Å². The number of rotatable bonds is 4. The van der Waals surface area contributed by atoms with E-state index in [1.54, 1.807) is 0 Å². The van der Waals surface area contributed by atoms with Crippen LogP contribution in [-0.2, 0) is 11.4 Å². The minimum absolute atomic E-state index is 0.120. The summed E-state index contributed by atoms with van der Waals surface area (Å²) in [7, 11) is 0. The Balaban J connectivity index is 1.63. The molecule has 0 radical (unpaired) electrons. The Morgan fingerprint density at radius 3 is 2.64 bits per heavy atom. The van der Waals surface area contributed by atoms with Gasteiger partial charge in [-0.25, -0.2) is 4.79 Å². The molecule has 2 atom stereocenters. The number of hydroxylamine groups is 2. The molecule has 0 aliphatic carbocycles. The first-order chi connectivity index (χ1) is 10.4. The normalized spacial score (nSPS) is 25.0. The van der Waals surface area contributed by atoms with Crippen molar-refractivity contribution >= 4 is 17.8 Å². The number of halogens is 3. The zero-order valence-electron chi connectivity index (χ0n) is 11.6. The second-order valence-corrected chi connectivity index (χ2v) is 6.51. The average Bonchev–Trinajstić information content (AvgIpc) is 2.72. The van der Waals surface area contributed by atoms with Crippen LogP contribution in [-0.4, -0.2) is 39.5 Å². The largest absolute Gasteiger partial charge is 0.443 e. The fraction of sp³-hybridized carbons (Fsp3) is 0.500. The third-order valence-corrected chi connectivity index (χ3v) is 4.78. The van der Waals surface area contributed by atoms with Crippen molar-refractivity contribution in [3.8, 4) is 0 Å². The highest BCUT2D eigenvalue weighted by Gasteiger charge is 2.49. The number of fused-ring (bicyclic) bond motifs is 2. The quantitative estimate of drug-likeness (QED) is 0.845. The maximum absolute atomic E-state index is 12.5. The number of hydrogen-bond donors (Lipinski definition) is 0.